The fourth-order valence-electron chi connectivity index (χ4n) is 3.53. The van der Waals surface area contributed by atoms with E-state index in [1.165, 1.54) is 19.2 Å². The van der Waals surface area contributed by atoms with Gasteiger partial charge >= 0.3 is 0 Å². The third-order valence-electron chi connectivity index (χ3n) is 5.20. The van der Waals surface area contributed by atoms with Crippen molar-refractivity contribution in [2.75, 3.05) is 13.7 Å². The van der Waals surface area contributed by atoms with Crippen LogP contribution in [0.3, 0.4) is 0 Å². The standard InChI is InChI=1S/C22H28N2O6S/c1-29-17-8-5-9-19(12-17)31(27,28)24-20-11-10-18(30-21(20)15-25)13-22(26)23-14-16-6-3-2-4-7-16/h2-9,12,18,20-21,24-25H,10-11,13-15H2,1H3,(H,23,26)/t18-,20-,21-/m1/s1. The first kappa shape index (κ1) is 23.2. The minimum absolute atomic E-state index is 0.0750. The summed E-state index contributed by atoms with van der Waals surface area (Å²) in [5.74, 6) is 0.281. The normalized spacial score (nSPS) is 21.4. The summed E-state index contributed by atoms with van der Waals surface area (Å²) in [7, 11) is -2.35. The Kier molecular flexibility index (Phi) is 8.03. The fourth-order valence-corrected chi connectivity index (χ4v) is 4.86. The van der Waals surface area contributed by atoms with E-state index in [-0.39, 0.29) is 29.9 Å². The molecule has 0 aliphatic carbocycles. The van der Waals surface area contributed by atoms with Crippen molar-refractivity contribution in [2.24, 2.45) is 0 Å². The van der Waals surface area contributed by atoms with Gasteiger partial charge in [-0.1, -0.05) is 36.4 Å². The van der Waals surface area contributed by atoms with E-state index in [2.05, 4.69) is 10.0 Å². The molecule has 3 atom stereocenters. The van der Waals surface area contributed by atoms with E-state index < -0.39 is 22.2 Å². The van der Waals surface area contributed by atoms with Gasteiger partial charge in [-0.15, -0.1) is 0 Å². The molecule has 1 amide bonds. The molecule has 1 heterocycles. The molecule has 0 radical (unpaired) electrons. The van der Waals surface area contributed by atoms with Crippen LogP contribution in [-0.2, 0) is 26.1 Å². The lowest BCUT2D eigenvalue weighted by atomic mass is 9.98. The topological polar surface area (TPSA) is 114 Å². The molecular formula is C22H28N2O6S. The van der Waals surface area contributed by atoms with Gasteiger partial charge in [0.1, 0.15) is 5.75 Å². The summed E-state index contributed by atoms with van der Waals surface area (Å²) >= 11 is 0. The van der Waals surface area contributed by atoms with Crippen LogP contribution in [0.5, 0.6) is 5.75 Å². The van der Waals surface area contributed by atoms with Gasteiger partial charge in [0, 0.05) is 12.6 Å². The highest BCUT2D eigenvalue weighted by Crippen LogP contribution is 2.24. The largest absolute Gasteiger partial charge is 0.497 e. The average molecular weight is 449 g/mol. The predicted molar refractivity (Wildman–Crippen MR) is 115 cm³/mol. The minimum atomic E-state index is -3.82. The highest BCUT2D eigenvalue weighted by Gasteiger charge is 2.34. The van der Waals surface area contributed by atoms with Crippen molar-refractivity contribution in [3.8, 4) is 5.75 Å². The maximum absolute atomic E-state index is 12.7. The minimum Gasteiger partial charge on any atom is -0.497 e. The zero-order chi connectivity index (χ0) is 22.3. The third kappa shape index (κ3) is 6.51. The second kappa shape index (κ2) is 10.7. The van der Waals surface area contributed by atoms with Crippen LogP contribution < -0.4 is 14.8 Å². The van der Waals surface area contributed by atoms with Crippen LogP contribution in [0.25, 0.3) is 0 Å². The van der Waals surface area contributed by atoms with Crippen molar-refractivity contribution in [1.82, 2.24) is 10.0 Å². The molecule has 0 spiro atoms. The molecule has 1 aliphatic heterocycles. The third-order valence-corrected chi connectivity index (χ3v) is 6.69. The van der Waals surface area contributed by atoms with E-state index in [0.29, 0.717) is 25.1 Å². The summed E-state index contributed by atoms with van der Waals surface area (Å²) in [5.41, 5.74) is 1.00. The van der Waals surface area contributed by atoms with E-state index in [4.69, 9.17) is 9.47 Å². The molecule has 0 saturated carbocycles. The van der Waals surface area contributed by atoms with E-state index in [9.17, 15) is 18.3 Å². The molecule has 31 heavy (non-hydrogen) atoms. The Bertz CT molecular complexity index is 967. The van der Waals surface area contributed by atoms with E-state index >= 15 is 0 Å². The van der Waals surface area contributed by atoms with Crippen molar-refractivity contribution in [2.45, 2.75) is 49.0 Å². The van der Waals surface area contributed by atoms with Crippen LogP contribution >= 0.6 is 0 Å². The molecule has 3 N–H and O–H groups in total. The summed E-state index contributed by atoms with van der Waals surface area (Å²) < 4.78 is 39.0. The molecule has 1 aliphatic rings. The molecule has 9 heteroatoms. The number of benzene rings is 2. The van der Waals surface area contributed by atoms with Gasteiger partial charge < -0.3 is 19.9 Å². The maximum Gasteiger partial charge on any atom is 0.241 e. The monoisotopic (exact) mass is 448 g/mol. The number of rotatable bonds is 9. The number of hydrogen-bond acceptors (Lipinski definition) is 6. The van der Waals surface area contributed by atoms with Gasteiger partial charge in [0.2, 0.25) is 15.9 Å². The van der Waals surface area contributed by atoms with E-state index in [0.717, 1.165) is 5.56 Å². The predicted octanol–water partition coefficient (Wildman–Crippen LogP) is 1.59. The van der Waals surface area contributed by atoms with E-state index in [1.807, 2.05) is 30.3 Å². The van der Waals surface area contributed by atoms with Gasteiger partial charge in [-0.3, -0.25) is 4.79 Å². The van der Waals surface area contributed by atoms with Crippen molar-refractivity contribution in [3.05, 3.63) is 60.2 Å². The number of aliphatic hydroxyl groups excluding tert-OH is 1. The molecule has 2 aromatic carbocycles. The zero-order valence-corrected chi connectivity index (χ0v) is 18.2. The van der Waals surface area contributed by atoms with Crippen LogP contribution in [-0.4, -0.2) is 51.4 Å². The molecule has 168 valence electrons. The molecule has 0 aromatic heterocycles. The lowest BCUT2D eigenvalue weighted by molar-refractivity contribution is -0.130. The van der Waals surface area contributed by atoms with Gasteiger partial charge in [-0.05, 0) is 30.5 Å². The van der Waals surface area contributed by atoms with Crippen molar-refractivity contribution < 1.29 is 27.8 Å². The molecule has 0 bridgehead atoms. The fraction of sp³-hybridized carbons (Fsp3) is 0.409. The number of sulfonamides is 1. The highest BCUT2D eigenvalue weighted by atomic mass is 32.2. The Hall–Kier alpha value is -2.46. The Balaban J connectivity index is 1.54. The number of ether oxygens (including phenoxy) is 2. The number of aliphatic hydroxyl groups is 1. The summed E-state index contributed by atoms with van der Waals surface area (Å²) in [4.78, 5) is 12.3. The molecule has 3 rings (SSSR count). The first-order valence-electron chi connectivity index (χ1n) is 10.1. The molecule has 8 nitrogen and oxygen atoms in total. The summed E-state index contributed by atoms with van der Waals surface area (Å²) in [6.07, 6.45) is -0.0174. The van der Waals surface area contributed by atoms with Crippen LogP contribution in [0.1, 0.15) is 24.8 Å². The van der Waals surface area contributed by atoms with Crippen molar-refractivity contribution >= 4 is 15.9 Å². The Morgan fingerprint density at radius 2 is 1.94 bits per heavy atom. The summed E-state index contributed by atoms with van der Waals surface area (Å²) in [5, 5.41) is 12.6. The Labute approximate surface area is 182 Å². The lowest BCUT2D eigenvalue weighted by Crippen LogP contribution is -2.51. The van der Waals surface area contributed by atoms with Crippen LogP contribution in [0.2, 0.25) is 0 Å². The maximum atomic E-state index is 12.7. The number of hydrogen-bond donors (Lipinski definition) is 3. The average Bonchev–Trinajstić information content (AvgIpc) is 2.79. The highest BCUT2D eigenvalue weighted by molar-refractivity contribution is 7.89. The van der Waals surface area contributed by atoms with Gasteiger partial charge in [0.25, 0.3) is 0 Å². The second-order valence-electron chi connectivity index (χ2n) is 7.43. The van der Waals surface area contributed by atoms with E-state index in [1.54, 1.807) is 12.1 Å². The van der Waals surface area contributed by atoms with Gasteiger partial charge in [0.05, 0.1) is 43.3 Å². The number of carbonyl (C=O) groups excluding carboxylic acids is 1. The quantitative estimate of drug-likeness (QED) is 0.537. The lowest BCUT2D eigenvalue weighted by Gasteiger charge is -2.35. The molecule has 2 aromatic rings. The first-order valence-corrected chi connectivity index (χ1v) is 11.6. The molecule has 0 unspecified atom stereocenters. The molecule has 1 fully saturated rings. The molecular weight excluding hydrogens is 420 g/mol. The second-order valence-corrected chi connectivity index (χ2v) is 9.14. The number of methoxy groups -OCH3 is 1. The van der Waals surface area contributed by atoms with Gasteiger partial charge in [-0.2, -0.15) is 0 Å². The smallest absolute Gasteiger partial charge is 0.241 e. The SMILES string of the molecule is COc1cccc(S(=O)(=O)N[C@@H]2CC[C@H](CC(=O)NCc3ccccc3)O[C@@H]2CO)c1. The van der Waals surface area contributed by atoms with Crippen molar-refractivity contribution in [1.29, 1.82) is 0 Å². The zero-order valence-electron chi connectivity index (χ0n) is 17.4. The number of carbonyl (C=O) groups is 1. The van der Waals surface area contributed by atoms with Crippen LogP contribution in [0.15, 0.2) is 59.5 Å². The van der Waals surface area contributed by atoms with Crippen LogP contribution in [0.4, 0.5) is 0 Å². The molecule has 1 saturated heterocycles. The van der Waals surface area contributed by atoms with Crippen LogP contribution in [0, 0.1) is 0 Å². The van der Waals surface area contributed by atoms with Crippen molar-refractivity contribution in [3.63, 3.8) is 0 Å². The summed E-state index contributed by atoms with van der Waals surface area (Å²) in [6.45, 7) is 0.0756. The van der Waals surface area contributed by atoms with Gasteiger partial charge in [-0.25, -0.2) is 13.1 Å². The summed E-state index contributed by atoms with van der Waals surface area (Å²) in [6, 6.07) is 15.2. The van der Waals surface area contributed by atoms with Gasteiger partial charge in [0.15, 0.2) is 0 Å². The first-order chi connectivity index (χ1) is 14.9. The Morgan fingerprint density at radius 3 is 2.65 bits per heavy atom. The number of nitrogens with one attached hydrogen (secondary N) is 2. The Morgan fingerprint density at radius 1 is 1.16 bits per heavy atom. The number of amides is 1.